The maximum absolute atomic E-state index is 13.4. The van der Waals surface area contributed by atoms with E-state index in [-0.39, 0.29) is 23.6 Å². The molecule has 3 heterocycles. The Kier molecular flexibility index (Phi) is 6.03. The smallest absolute Gasteiger partial charge is 0.254 e. The molecule has 2 aromatic rings. The number of phenolic OH excluding ortho intramolecular Hbond substituents is 1. The molecule has 0 bridgehead atoms. The predicted octanol–water partition coefficient (Wildman–Crippen LogP) is 1.84. The van der Waals surface area contributed by atoms with Gasteiger partial charge < -0.3 is 19.5 Å². The van der Waals surface area contributed by atoms with E-state index in [1.807, 2.05) is 12.1 Å². The number of morpholine rings is 2. The van der Waals surface area contributed by atoms with E-state index in [4.69, 9.17) is 9.47 Å². The molecule has 4 rings (SSSR count). The van der Waals surface area contributed by atoms with Crippen LogP contribution >= 0.6 is 0 Å². The molecule has 8 heteroatoms. The van der Waals surface area contributed by atoms with Crippen molar-refractivity contribution in [3.05, 3.63) is 59.7 Å². The molecule has 0 spiro atoms. The van der Waals surface area contributed by atoms with Gasteiger partial charge in [0, 0.05) is 44.1 Å². The van der Waals surface area contributed by atoms with Crippen molar-refractivity contribution in [3.63, 3.8) is 0 Å². The van der Waals surface area contributed by atoms with Crippen LogP contribution in [-0.4, -0.2) is 77.9 Å². The summed E-state index contributed by atoms with van der Waals surface area (Å²) in [4.78, 5) is 21.5. The minimum absolute atomic E-state index is 0.232. The zero-order valence-electron chi connectivity index (χ0n) is 16.0. The highest BCUT2D eigenvalue weighted by molar-refractivity contribution is 5.95. The summed E-state index contributed by atoms with van der Waals surface area (Å²) in [5, 5.41) is 9.70. The van der Waals surface area contributed by atoms with Crippen molar-refractivity contribution in [2.45, 2.75) is 12.1 Å². The van der Waals surface area contributed by atoms with Gasteiger partial charge in [0.2, 0.25) is 0 Å². The molecule has 2 aliphatic rings. The van der Waals surface area contributed by atoms with E-state index in [2.05, 4.69) is 9.88 Å². The van der Waals surface area contributed by atoms with Crippen LogP contribution in [0.4, 0.5) is 4.39 Å². The molecule has 29 heavy (non-hydrogen) atoms. The van der Waals surface area contributed by atoms with Crippen LogP contribution in [0.15, 0.2) is 42.7 Å². The largest absolute Gasteiger partial charge is 0.505 e. The second-order valence-electron chi connectivity index (χ2n) is 7.22. The van der Waals surface area contributed by atoms with Crippen LogP contribution in [0.1, 0.15) is 22.0 Å². The highest BCUT2D eigenvalue weighted by Crippen LogP contribution is 2.32. The zero-order valence-corrected chi connectivity index (χ0v) is 16.0. The number of rotatable bonds is 4. The number of aromatic hydroxyl groups is 1. The number of phenols is 1. The molecule has 1 amide bonds. The van der Waals surface area contributed by atoms with Crippen LogP contribution in [0, 0.1) is 5.82 Å². The fourth-order valence-corrected chi connectivity index (χ4v) is 3.91. The molecule has 1 aromatic heterocycles. The van der Waals surface area contributed by atoms with Gasteiger partial charge >= 0.3 is 0 Å². The normalized spacial score (nSPS) is 23.1. The monoisotopic (exact) mass is 401 g/mol. The summed E-state index contributed by atoms with van der Waals surface area (Å²) < 4.78 is 25.0. The molecule has 2 atom stereocenters. The summed E-state index contributed by atoms with van der Waals surface area (Å²) >= 11 is 0. The molecule has 7 nitrogen and oxygen atoms in total. The Hall–Kier alpha value is -2.55. The minimum atomic E-state index is -0.752. The Morgan fingerprint density at radius 3 is 2.76 bits per heavy atom. The number of pyridine rings is 1. The molecule has 154 valence electrons. The van der Waals surface area contributed by atoms with E-state index in [0.717, 1.165) is 24.7 Å². The summed E-state index contributed by atoms with van der Waals surface area (Å²) in [6.45, 7) is 4.48. The van der Waals surface area contributed by atoms with Crippen molar-refractivity contribution in [2.75, 3.05) is 46.0 Å². The van der Waals surface area contributed by atoms with Crippen molar-refractivity contribution >= 4 is 5.91 Å². The van der Waals surface area contributed by atoms with E-state index >= 15 is 0 Å². The first kappa shape index (κ1) is 19.8. The lowest BCUT2D eigenvalue weighted by molar-refractivity contribution is -0.0819. The maximum Gasteiger partial charge on any atom is 0.254 e. The summed E-state index contributed by atoms with van der Waals surface area (Å²) in [6, 6.07) is 7.10. The third-order valence-corrected chi connectivity index (χ3v) is 5.37. The number of amides is 1. The van der Waals surface area contributed by atoms with Gasteiger partial charge in [-0.1, -0.05) is 6.07 Å². The molecule has 0 radical (unpaired) electrons. The predicted molar refractivity (Wildman–Crippen MR) is 103 cm³/mol. The summed E-state index contributed by atoms with van der Waals surface area (Å²) in [5.41, 5.74) is 1.12. The molecular formula is C21H24FN3O4. The quantitative estimate of drug-likeness (QED) is 0.843. The van der Waals surface area contributed by atoms with Gasteiger partial charge in [-0.15, -0.1) is 0 Å². The van der Waals surface area contributed by atoms with Crippen molar-refractivity contribution in [1.29, 1.82) is 0 Å². The Balaban J connectivity index is 1.63. The Morgan fingerprint density at radius 2 is 2.03 bits per heavy atom. The van der Waals surface area contributed by atoms with Gasteiger partial charge in [0.25, 0.3) is 5.91 Å². The second-order valence-corrected chi connectivity index (χ2v) is 7.22. The summed E-state index contributed by atoms with van der Waals surface area (Å²) in [5.74, 6) is -1.56. The number of hydrogen-bond donors (Lipinski definition) is 1. The average Bonchev–Trinajstić information content (AvgIpc) is 2.76. The number of aromatic nitrogens is 1. The molecule has 2 saturated heterocycles. The number of benzene rings is 1. The molecule has 0 unspecified atom stereocenters. The van der Waals surface area contributed by atoms with Gasteiger partial charge in [-0.05, 0) is 29.8 Å². The van der Waals surface area contributed by atoms with Crippen molar-refractivity contribution < 1.29 is 23.8 Å². The Labute approximate surface area is 168 Å². The van der Waals surface area contributed by atoms with Gasteiger partial charge in [0.05, 0.1) is 32.0 Å². The number of halogens is 1. The van der Waals surface area contributed by atoms with Crippen LogP contribution < -0.4 is 0 Å². The van der Waals surface area contributed by atoms with Crippen molar-refractivity contribution in [1.82, 2.24) is 14.8 Å². The topological polar surface area (TPSA) is 75.1 Å². The highest BCUT2D eigenvalue weighted by atomic mass is 19.1. The van der Waals surface area contributed by atoms with Crippen molar-refractivity contribution in [2.24, 2.45) is 0 Å². The molecule has 0 aliphatic carbocycles. The van der Waals surface area contributed by atoms with E-state index in [1.165, 1.54) is 12.1 Å². The number of carbonyl (C=O) groups is 1. The first-order chi connectivity index (χ1) is 14.1. The van der Waals surface area contributed by atoms with Crippen LogP contribution in [0.5, 0.6) is 5.75 Å². The first-order valence-corrected chi connectivity index (χ1v) is 9.74. The maximum atomic E-state index is 13.4. The third kappa shape index (κ3) is 4.39. The molecule has 1 aromatic carbocycles. The minimum Gasteiger partial charge on any atom is -0.505 e. The lowest BCUT2D eigenvalue weighted by atomic mass is 9.97. The van der Waals surface area contributed by atoms with Crippen LogP contribution in [0.2, 0.25) is 0 Å². The van der Waals surface area contributed by atoms with E-state index in [1.54, 1.807) is 17.3 Å². The van der Waals surface area contributed by atoms with Gasteiger partial charge in [-0.2, -0.15) is 0 Å². The molecular weight excluding hydrogens is 377 g/mol. The zero-order chi connectivity index (χ0) is 20.2. The summed E-state index contributed by atoms with van der Waals surface area (Å²) in [6.07, 6.45) is 3.20. The lowest BCUT2D eigenvalue weighted by Crippen LogP contribution is -2.53. The third-order valence-electron chi connectivity index (χ3n) is 5.37. The highest BCUT2D eigenvalue weighted by Gasteiger charge is 2.38. The van der Waals surface area contributed by atoms with Crippen LogP contribution in [0.25, 0.3) is 0 Å². The number of nitrogens with zero attached hydrogens (tertiary/aromatic N) is 3. The lowest BCUT2D eigenvalue weighted by Gasteiger charge is -2.43. The van der Waals surface area contributed by atoms with E-state index in [9.17, 15) is 14.3 Å². The summed E-state index contributed by atoms with van der Waals surface area (Å²) in [7, 11) is 0. The van der Waals surface area contributed by atoms with Gasteiger partial charge in [0.1, 0.15) is 0 Å². The van der Waals surface area contributed by atoms with Gasteiger partial charge in [-0.3, -0.25) is 14.7 Å². The number of carbonyl (C=O) groups excluding carboxylic acids is 1. The van der Waals surface area contributed by atoms with E-state index in [0.29, 0.717) is 32.9 Å². The van der Waals surface area contributed by atoms with Crippen molar-refractivity contribution in [3.8, 4) is 5.75 Å². The van der Waals surface area contributed by atoms with Crippen LogP contribution in [-0.2, 0) is 9.47 Å². The van der Waals surface area contributed by atoms with Gasteiger partial charge in [-0.25, -0.2) is 4.39 Å². The van der Waals surface area contributed by atoms with E-state index < -0.39 is 11.6 Å². The Bertz CT molecular complexity index is 845. The first-order valence-electron chi connectivity index (χ1n) is 9.74. The SMILES string of the molecule is O=C(c1ccc(F)c(O)c1)N1CCO[C@@H](CN2CCOCC2)[C@@H]1c1cccnc1. The van der Waals surface area contributed by atoms with Gasteiger partial charge in [0.15, 0.2) is 11.6 Å². The fourth-order valence-electron chi connectivity index (χ4n) is 3.91. The standard InChI is InChI=1S/C21H24FN3O4/c22-17-4-3-15(12-18(17)26)21(27)25-8-11-29-19(14-24-6-9-28-10-7-24)20(25)16-2-1-5-23-13-16/h1-5,12-13,19-20,26H,6-11,14H2/t19-,20-/m0/s1. The Morgan fingerprint density at radius 1 is 1.21 bits per heavy atom. The average molecular weight is 401 g/mol. The molecule has 1 N–H and O–H groups in total. The fraction of sp³-hybridized carbons (Fsp3) is 0.429. The number of ether oxygens (including phenoxy) is 2. The molecule has 2 aliphatic heterocycles. The second kappa shape index (κ2) is 8.86. The van der Waals surface area contributed by atoms with Crippen LogP contribution in [0.3, 0.4) is 0 Å². The number of hydrogen-bond acceptors (Lipinski definition) is 6. The molecule has 2 fully saturated rings. The molecule has 0 saturated carbocycles.